The van der Waals surface area contributed by atoms with Gasteiger partial charge in [0.25, 0.3) is 5.91 Å². The summed E-state index contributed by atoms with van der Waals surface area (Å²) < 4.78 is 0. The van der Waals surface area contributed by atoms with Gasteiger partial charge in [-0.15, -0.1) is 11.3 Å². The minimum absolute atomic E-state index is 0.120. The molecule has 0 saturated carbocycles. The van der Waals surface area contributed by atoms with Crippen LogP contribution in [0.3, 0.4) is 0 Å². The largest absolute Gasteiger partial charge is 0.322 e. The van der Waals surface area contributed by atoms with Gasteiger partial charge in [-0.3, -0.25) is 4.79 Å². The van der Waals surface area contributed by atoms with Gasteiger partial charge in [0.1, 0.15) is 5.00 Å². The Hall–Kier alpha value is -2.14. The highest BCUT2D eigenvalue weighted by Gasteiger charge is 2.25. The Morgan fingerprint density at radius 2 is 1.61 bits per heavy atom. The summed E-state index contributed by atoms with van der Waals surface area (Å²) in [7, 11) is 0. The second kappa shape index (κ2) is 8.48. The maximum atomic E-state index is 13.1. The molecular weight excluding hydrogens is 411 g/mol. The Bertz CT molecular complexity index is 1020. The van der Waals surface area contributed by atoms with Crippen LogP contribution in [-0.4, -0.2) is 12.1 Å². The molecule has 1 amide bonds. The van der Waals surface area contributed by atoms with Crippen molar-refractivity contribution < 1.29 is 4.79 Å². The molecule has 0 bridgehead atoms. The lowest BCUT2D eigenvalue weighted by molar-refractivity contribution is 0.102. The highest BCUT2D eigenvalue weighted by atomic mass is 35.5. The topological polar surface area (TPSA) is 41.5 Å². The molecule has 0 saturated heterocycles. The van der Waals surface area contributed by atoms with Gasteiger partial charge in [0, 0.05) is 26.8 Å². The quantitative estimate of drug-likeness (QED) is 0.449. The minimum Gasteiger partial charge on any atom is -0.322 e. The summed E-state index contributed by atoms with van der Waals surface area (Å²) in [6.07, 6.45) is 5.98. The van der Waals surface area contributed by atoms with Crippen LogP contribution in [0.2, 0.25) is 10.0 Å². The number of thiophene rings is 1. The Labute approximate surface area is 178 Å². The van der Waals surface area contributed by atoms with Crippen LogP contribution < -0.4 is 5.32 Å². The van der Waals surface area contributed by atoms with E-state index in [0.29, 0.717) is 15.6 Å². The molecule has 2 aromatic carbocycles. The van der Waals surface area contributed by atoms with Crippen molar-refractivity contribution in [2.24, 2.45) is 4.99 Å². The van der Waals surface area contributed by atoms with Crippen molar-refractivity contribution >= 4 is 57.3 Å². The third-order valence-corrected chi connectivity index (χ3v) is 6.39. The van der Waals surface area contributed by atoms with Crippen molar-refractivity contribution in [1.29, 1.82) is 0 Å². The zero-order chi connectivity index (χ0) is 19.5. The molecule has 28 heavy (non-hydrogen) atoms. The fraction of sp³-hybridized carbons (Fsp3) is 0.182. The maximum Gasteiger partial charge on any atom is 0.259 e. The normalized spacial score (nSPS) is 13.5. The van der Waals surface area contributed by atoms with Gasteiger partial charge in [0.05, 0.1) is 5.56 Å². The second-order valence-corrected chi connectivity index (χ2v) is 8.62. The van der Waals surface area contributed by atoms with E-state index in [-0.39, 0.29) is 5.91 Å². The van der Waals surface area contributed by atoms with Crippen LogP contribution >= 0.6 is 34.5 Å². The van der Waals surface area contributed by atoms with Gasteiger partial charge in [0.2, 0.25) is 0 Å². The number of carbonyl (C=O) groups excluding carboxylic acids is 1. The molecule has 0 fully saturated rings. The average Bonchev–Trinajstić information content (AvgIpc) is 3.08. The van der Waals surface area contributed by atoms with Gasteiger partial charge in [-0.2, -0.15) is 0 Å². The Morgan fingerprint density at radius 1 is 0.964 bits per heavy atom. The number of carbonyl (C=O) groups is 1. The summed E-state index contributed by atoms with van der Waals surface area (Å²) in [5, 5.41) is 5.07. The molecule has 4 rings (SSSR count). The summed E-state index contributed by atoms with van der Waals surface area (Å²) in [4.78, 5) is 19.0. The first-order valence-electron chi connectivity index (χ1n) is 9.11. The first-order valence-corrected chi connectivity index (χ1v) is 10.7. The second-order valence-electron chi connectivity index (χ2n) is 6.66. The van der Waals surface area contributed by atoms with E-state index in [2.05, 4.69) is 10.3 Å². The minimum atomic E-state index is -0.120. The van der Waals surface area contributed by atoms with Crippen molar-refractivity contribution in [2.45, 2.75) is 25.7 Å². The Kier molecular flexibility index (Phi) is 5.81. The third-order valence-electron chi connectivity index (χ3n) is 4.68. The zero-order valence-electron chi connectivity index (χ0n) is 15.0. The molecule has 1 aliphatic carbocycles. The third kappa shape index (κ3) is 4.30. The molecule has 1 heterocycles. The lowest BCUT2D eigenvalue weighted by Gasteiger charge is -2.12. The fourth-order valence-electron chi connectivity index (χ4n) is 3.29. The first kappa shape index (κ1) is 19.2. The van der Waals surface area contributed by atoms with E-state index in [1.54, 1.807) is 41.8 Å². The number of hydrogen-bond acceptors (Lipinski definition) is 3. The molecule has 6 heteroatoms. The van der Waals surface area contributed by atoms with Crippen molar-refractivity contribution in [3.63, 3.8) is 0 Å². The summed E-state index contributed by atoms with van der Waals surface area (Å²) in [5.41, 5.74) is 3.50. The predicted molar refractivity (Wildman–Crippen MR) is 119 cm³/mol. The molecule has 0 aliphatic heterocycles. The Balaban J connectivity index is 1.66. The standard InChI is InChI=1S/C22H18Cl2N2OS/c23-15-7-5-14(6-8-15)13-25-22-20(18-3-1-2-4-19(18)28-22)21(27)26-17-11-9-16(24)10-12-17/h5-13H,1-4H2,(H,26,27). The Morgan fingerprint density at radius 3 is 2.32 bits per heavy atom. The lowest BCUT2D eigenvalue weighted by Crippen LogP contribution is -2.14. The molecule has 1 aromatic heterocycles. The van der Waals surface area contributed by atoms with Crippen LogP contribution in [0, 0.1) is 0 Å². The van der Waals surface area contributed by atoms with Crippen molar-refractivity contribution in [3.8, 4) is 0 Å². The average molecular weight is 429 g/mol. The summed E-state index contributed by atoms with van der Waals surface area (Å²) in [6.45, 7) is 0. The van der Waals surface area contributed by atoms with Crippen LogP contribution in [0.1, 0.15) is 39.2 Å². The van der Waals surface area contributed by atoms with Gasteiger partial charge in [-0.1, -0.05) is 35.3 Å². The van der Waals surface area contributed by atoms with Crippen LogP contribution in [0.5, 0.6) is 0 Å². The highest BCUT2D eigenvalue weighted by molar-refractivity contribution is 7.16. The number of anilines is 1. The smallest absolute Gasteiger partial charge is 0.259 e. The first-order chi connectivity index (χ1) is 13.6. The molecule has 0 spiro atoms. The molecule has 142 valence electrons. The molecular formula is C22H18Cl2N2OS. The molecule has 1 aliphatic rings. The van der Waals surface area contributed by atoms with E-state index < -0.39 is 0 Å². The monoisotopic (exact) mass is 428 g/mol. The van der Waals surface area contributed by atoms with Crippen molar-refractivity contribution in [1.82, 2.24) is 0 Å². The molecule has 0 radical (unpaired) electrons. The predicted octanol–water partition coefficient (Wildman–Crippen LogP) is 6.94. The van der Waals surface area contributed by atoms with E-state index in [9.17, 15) is 4.79 Å². The SMILES string of the molecule is O=C(Nc1ccc(Cl)cc1)c1c(N=Cc2ccc(Cl)cc2)sc2c1CCCC2. The molecule has 1 N–H and O–H groups in total. The van der Waals surface area contributed by atoms with Gasteiger partial charge in [-0.25, -0.2) is 4.99 Å². The fourth-order valence-corrected chi connectivity index (χ4v) is 4.77. The van der Waals surface area contributed by atoms with E-state index >= 15 is 0 Å². The molecule has 3 aromatic rings. The van der Waals surface area contributed by atoms with E-state index in [1.165, 1.54) is 4.88 Å². The van der Waals surface area contributed by atoms with Crippen molar-refractivity contribution in [3.05, 3.63) is 80.1 Å². The van der Waals surface area contributed by atoms with Crippen LogP contribution in [0.4, 0.5) is 10.7 Å². The zero-order valence-corrected chi connectivity index (χ0v) is 17.4. The number of aryl methyl sites for hydroxylation is 1. The molecule has 0 atom stereocenters. The number of fused-ring (bicyclic) bond motifs is 1. The number of amides is 1. The van der Waals surface area contributed by atoms with Gasteiger partial charge in [-0.05, 0) is 73.2 Å². The van der Waals surface area contributed by atoms with Crippen molar-refractivity contribution in [2.75, 3.05) is 5.32 Å². The number of halogens is 2. The number of hydrogen-bond donors (Lipinski definition) is 1. The van der Waals surface area contributed by atoms with Gasteiger partial charge < -0.3 is 5.32 Å². The highest BCUT2D eigenvalue weighted by Crippen LogP contribution is 2.40. The molecule has 0 unspecified atom stereocenters. The number of rotatable bonds is 4. The summed E-state index contributed by atoms with van der Waals surface area (Å²) >= 11 is 13.5. The van der Waals surface area contributed by atoms with E-state index in [1.807, 2.05) is 24.3 Å². The number of benzene rings is 2. The molecule has 3 nitrogen and oxygen atoms in total. The number of nitrogens with one attached hydrogen (secondary N) is 1. The van der Waals surface area contributed by atoms with E-state index in [0.717, 1.165) is 47.5 Å². The lowest BCUT2D eigenvalue weighted by atomic mass is 9.95. The van der Waals surface area contributed by atoms with Crippen LogP contribution in [0.15, 0.2) is 53.5 Å². The number of aliphatic imine (C=N–C) groups is 1. The van der Waals surface area contributed by atoms with Crippen LogP contribution in [0.25, 0.3) is 0 Å². The maximum absolute atomic E-state index is 13.1. The van der Waals surface area contributed by atoms with Gasteiger partial charge >= 0.3 is 0 Å². The van der Waals surface area contributed by atoms with Gasteiger partial charge in [0.15, 0.2) is 0 Å². The summed E-state index contributed by atoms with van der Waals surface area (Å²) in [5.74, 6) is -0.120. The summed E-state index contributed by atoms with van der Waals surface area (Å²) in [6, 6.07) is 14.6. The van der Waals surface area contributed by atoms with Crippen LogP contribution in [-0.2, 0) is 12.8 Å². The number of nitrogens with zero attached hydrogens (tertiary/aromatic N) is 1. The van der Waals surface area contributed by atoms with E-state index in [4.69, 9.17) is 23.2 Å².